The molecular formula is C17H24O2. The van der Waals surface area contributed by atoms with Crippen LogP contribution < -0.4 is 4.74 Å². The van der Waals surface area contributed by atoms with Gasteiger partial charge in [-0.1, -0.05) is 38.3 Å². The molecule has 0 radical (unpaired) electrons. The van der Waals surface area contributed by atoms with E-state index in [4.69, 9.17) is 4.74 Å². The third-order valence-corrected chi connectivity index (χ3v) is 4.07. The van der Waals surface area contributed by atoms with Gasteiger partial charge in [0.15, 0.2) is 5.78 Å². The molecule has 0 bridgehead atoms. The van der Waals surface area contributed by atoms with E-state index in [1.54, 1.807) is 7.11 Å². The van der Waals surface area contributed by atoms with Gasteiger partial charge in [-0.15, -0.1) is 0 Å². The molecular weight excluding hydrogens is 236 g/mol. The van der Waals surface area contributed by atoms with Gasteiger partial charge in [0, 0.05) is 6.42 Å². The monoisotopic (exact) mass is 260 g/mol. The zero-order valence-corrected chi connectivity index (χ0v) is 12.1. The van der Waals surface area contributed by atoms with Crippen LogP contribution in [0.5, 0.6) is 5.75 Å². The van der Waals surface area contributed by atoms with Crippen LogP contribution in [0.15, 0.2) is 18.2 Å². The van der Waals surface area contributed by atoms with E-state index < -0.39 is 0 Å². The highest BCUT2D eigenvalue weighted by atomic mass is 16.5. The van der Waals surface area contributed by atoms with Gasteiger partial charge < -0.3 is 4.74 Å². The number of methoxy groups -OCH3 is 1. The highest BCUT2D eigenvalue weighted by Crippen LogP contribution is 2.39. The quantitative estimate of drug-likeness (QED) is 0.716. The van der Waals surface area contributed by atoms with Gasteiger partial charge in [0.05, 0.1) is 12.7 Å². The summed E-state index contributed by atoms with van der Waals surface area (Å²) in [5, 5.41) is 0. The van der Waals surface area contributed by atoms with Gasteiger partial charge >= 0.3 is 0 Å². The van der Waals surface area contributed by atoms with Crippen molar-refractivity contribution in [1.82, 2.24) is 0 Å². The van der Waals surface area contributed by atoms with Crippen LogP contribution in [0.1, 0.15) is 73.7 Å². The van der Waals surface area contributed by atoms with Gasteiger partial charge in [-0.25, -0.2) is 0 Å². The number of carbonyl (C=O) groups excluding carboxylic acids is 1. The van der Waals surface area contributed by atoms with E-state index in [0.29, 0.717) is 12.3 Å². The van der Waals surface area contributed by atoms with E-state index >= 15 is 0 Å². The topological polar surface area (TPSA) is 26.3 Å². The van der Waals surface area contributed by atoms with Gasteiger partial charge in [0.1, 0.15) is 5.75 Å². The third kappa shape index (κ3) is 3.17. The molecule has 0 unspecified atom stereocenters. The van der Waals surface area contributed by atoms with Crippen molar-refractivity contribution < 1.29 is 9.53 Å². The molecule has 0 saturated heterocycles. The SMILES string of the molecule is CCCC(=O)c1cccc(C2CCCCC2)c1OC. The van der Waals surface area contributed by atoms with Crippen molar-refractivity contribution in [3.63, 3.8) is 0 Å². The summed E-state index contributed by atoms with van der Waals surface area (Å²) >= 11 is 0. The van der Waals surface area contributed by atoms with E-state index in [-0.39, 0.29) is 5.78 Å². The minimum absolute atomic E-state index is 0.206. The van der Waals surface area contributed by atoms with Gasteiger partial charge in [0.2, 0.25) is 0 Å². The number of ketones is 1. The van der Waals surface area contributed by atoms with Gasteiger partial charge in [-0.05, 0) is 36.8 Å². The highest BCUT2D eigenvalue weighted by molar-refractivity contribution is 5.99. The number of hydrogen-bond acceptors (Lipinski definition) is 2. The lowest BCUT2D eigenvalue weighted by Gasteiger charge is -2.24. The second-order valence-electron chi connectivity index (χ2n) is 5.44. The maximum absolute atomic E-state index is 12.2. The number of rotatable bonds is 5. The molecule has 1 aromatic carbocycles. The summed E-state index contributed by atoms with van der Waals surface area (Å²) in [5.74, 6) is 1.60. The molecule has 1 saturated carbocycles. The third-order valence-electron chi connectivity index (χ3n) is 4.07. The molecule has 1 aliphatic rings. The molecule has 0 amide bonds. The Bertz CT molecular complexity index is 431. The molecule has 0 spiro atoms. The Morgan fingerprint density at radius 1 is 1.26 bits per heavy atom. The van der Waals surface area contributed by atoms with Crippen LogP contribution in [0.4, 0.5) is 0 Å². The van der Waals surface area contributed by atoms with Crippen LogP contribution in [0.3, 0.4) is 0 Å². The summed E-state index contributed by atoms with van der Waals surface area (Å²) in [5.41, 5.74) is 2.01. The molecule has 19 heavy (non-hydrogen) atoms. The van der Waals surface area contributed by atoms with Crippen molar-refractivity contribution in [2.24, 2.45) is 0 Å². The first kappa shape index (κ1) is 14.1. The summed E-state index contributed by atoms with van der Waals surface area (Å²) in [6.45, 7) is 2.04. The maximum Gasteiger partial charge on any atom is 0.166 e. The van der Waals surface area contributed by atoms with Crippen molar-refractivity contribution in [3.8, 4) is 5.75 Å². The summed E-state index contributed by atoms with van der Waals surface area (Å²) in [6, 6.07) is 6.05. The Kier molecular flexibility index (Phi) is 5.00. The normalized spacial score (nSPS) is 16.3. The molecule has 2 nitrogen and oxygen atoms in total. The average molecular weight is 260 g/mol. The Morgan fingerprint density at radius 2 is 2.00 bits per heavy atom. The molecule has 0 aliphatic heterocycles. The van der Waals surface area contributed by atoms with Crippen molar-refractivity contribution in [2.45, 2.75) is 57.8 Å². The van der Waals surface area contributed by atoms with E-state index in [1.807, 2.05) is 19.1 Å². The van der Waals surface area contributed by atoms with E-state index in [0.717, 1.165) is 17.7 Å². The Balaban J connectivity index is 2.32. The Labute approximate surface area is 116 Å². The second kappa shape index (κ2) is 6.74. The van der Waals surface area contributed by atoms with Crippen LogP contribution in [0.2, 0.25) is 0 Å². The Hall–Kier alpha value is -1.31. The number of Topliss-reactive ketones (excluding diaryl/α,β-unsaturated/α-hetero) is 1. The van der Waals surface area contributed by atoms with Crippen LogP contribution in [0.25, 0.3) is 0 Å². The first-order valence-electron chi connectivity index (χ1n) is 7.48. The van der Waals surface area contributed by atoms with Crippen molar-refractivity contribution in [1.29, 1.82) is 0 Å². The predicted molar refractivity (Wildman–Crippen MR) is 78.1 cm³/mol. The maximum atomic E-state index is 12.2. The molecule has 1 aromatic rings. The molecule has 104 valence electrons. The van der Waals surface area contributed by atoms with E-state index in [9.17, 15) is 4.79 Å². The van der Waals surface area contributed by atoms with E-state index in [1.165, 1.54) is 37.7 Å². The minimum Gasteiger partial charge on any atom is -0.496 e. The molecule has 0 atom stereocenters. The first-order chi connectivity index (χ1) is 9.27. The number of ether oxygens (including phenoxy) is 1. The highest BCUT2D eigenvalue weighted by Gasteiger charge is 2.22. The van der Waals surface area contributed by atoms with E-state index in [2.05, 4.69) is 6.07 Å². The fourth-order valence-corrected chi connectivity index (χ4v) is 3.10. The summed E-state index contributed by atoms with van der Waals surface area (Å²) < 4.78 is 5.58. The standard InChI is InChI=1S/C17H24O2/c1-3-8-16(18)15-12-7-11-14(17(15)19-2)13-9-5-4-6-10-13/h7,11-13H,3-6,8-10H2,1-2H3. The second-order valence-corrected chi connectivity index (χ2v) is 5.44. The number of para-hydroxylation sites is 1. The zero-order chi connectivity index (χ0) is 13.7. The molecule has 0 heterocycles. The van der Waals surface area contributed by atoms with Crippen LogP contribution in [0, 0.1) is 0 Å². The predicted octanol–water partition coefficient (Wildman–Crippen LogP) is 4.73. The van der Waals surface area contributed by atoms with Gasteiger partial charge in [-0.3, -0.25) is 4.79 Å². The molecule has 0 N–H and O–H groups in total. The zero-order valence-electron chi connectivity index (χ0n) is 12.1. The molecule has 1 fully saturated rings. The van der Waals surface area contributed by atoms with Gasteiger partial charge in [-0.2, -0.15) is 0 Å². The lowest BCUT2D eigenvalue weighted by molar-refractivity contribution is 0.0978. The average Bonchev–Trinajstić information content (AvgIpc) is 2.47. The fourth-order valence-electron chi connectivity index (χ4n) is 3.10. The van der Waals surface area contributed by atoms with Crippen molar-refractivity contribution >= 4 is 5.78 Å². The lowest BCUT2D eigenvalue weighted by Crippen LogP contribution is -2.09. The fraction of sp³-hybridized carbons (Fsp3) is 0.588. The smallest absolute Gasteiger partial charge is 0.166 e. The number of carbonyl (C=O) groups is 1. The van der Waals surface area contributed by atoms with Crippen molar-refractivity contribution in [2.75, 3.05) is 7.11 Å². The van der Waals surface area contributed by atoms with Crippen molar-refractivity contribution in [3.05, 3.63) is 29.3 Å². The van der Waals surface area contributed by atoms with Crippen LogP contribution >= 0.6 is 0 Å². The van der Waals surface area contributed by atoms with Crippen LogP contribution in [-0.4, -0.2) is 12.9 Å². The summed E-state index contributed by atoms with van der Waals surface area (Å²) in [4.78, 5) is 12.2. The largest absolute Gasteiger partial charge is 0.496 e. The first-order valence-corrected chi connectivity index (χ1v) is 7.48. The molecule has 2 rings (SSSR count). The van der Waals surface area contributed by atoms with Gasteiger partial charge in [0.25, 0.3) is 0 Å². The Morgan fingerprint density at radius 3 is 2.63 bits per heavy atom. The number of benzene rings is 1. The molecule has 1 aliphatic carbocycles. The summed E-state index contributed by atoms with van der Waals surface area (Å²) in [7, 11) is 1.68. The molecule has 2 heteroatoms. The number of hydrogen-bond donors (Lipinski definition) is 0. The molecule has 0 aromatic heterocycles. The van der Waals surface area contributed by atoms with Crippen LogP contribution in [-0.2, 0) is 0 Å². The lowest BCUT2D eigenvalue weighted by atomic mass is 9.82. The summed E-state index contributed by atoms with van der Waals surface area (Å²) in [6.07, 6.45) is 7.86. The minimum atomic E-state index is 0.206.